The number of hydrogen-bond donors (Lipinski definition) is 0. The van der Waals surface area contributed by atoms with Crippen molar-refractivity contribution in [2.45, 2.75) is 322 Å². The van der Waals surface area contributed by atoms with Crippen LogP contribution in [0.3, 0.4) is 0 Å². The van der Waals surface area contributed by atoms with E-state index in [0.717, 1.165) is 96.3 Å². The second-order valence-electron chi connectivity index (χ2n) is 21.0. The third kappa shape index (κ3) is 59.6. The van der Waals surface area contributed by atoms with Crippen LogP contribution < -0.4 is 0 Å². The van der Waals surface area contributed by atoms with Gasteiger partial charge in [-0.2, -0.15) is 0 Å². The Kier molecular flexibility index (Phi) is 58.7. The minimum atomic E-state index is -0.788. The molecule has 6 heteroatoms. The van der Waals surface area contributed by atoms with E-state index in [2.05, 4.69) is 93.7 Å². The van der Waals surface area contributed by atoms with Crippen molar-refractivity contribution in [2.75, 3.05) is 13.2 Å². The summed E-state index contributed by atoms with van der Waals surface area (Å²) in [5, 5.41) is 0. The SMILES string of the molecule is CCCCC/C=C\C/C=C\CCCCCCCC(=O)OCC(COC(=O)CCCCCCCCCC/C=C\C/C=C\C/C=C\CCCCCCC)OC(=O)CCCCCCCCC/C=C\CCCCCCCC. The molecule has 0 aliphatic carbocycles. The van der Waals surface area contributed by atoms with Gasteiger partial charge in [-0.25, -0.2) is 0 Å². The molecule has 0 saturated heterocycles. The fraction of sp³-hybridized carbons (Fsp3) is 0.776. The van der Waals surface area contributed by atoms with Crippen LogP contribution in [0.5, 0.6) is 0 Å². The van der Waals surface area contributed by atoms with E-state index in [-0.39, 0.29) is 31.1 Å². The molecule has 0 spiro atoms. The predicted octanol–water partition coefficient (Wildman–Crippen LogP) is 21.3. The summed E-state index contributed by atoms with van der Waals surface area (Å²) in [6.07, 6.45) is 78.9. The van der Waals surface area contributed by atoms with E-state index < -0.39 is 6.10 Å². The van der Waals surface area contributed by atoms with Crippen molar-refractivity contribution < 1.29 is 28.6 Å². The Balaban J connectivity index is 4.38. The summed E-state index contributed by atoms with van der Waals surface area (Å²) in [5.41, 5.74) is 0. The van der Waals surface area contributed by atoms with Crippen molar-refractivity contribution in [1.29, 1.82) is 0 Å². The molecular formula is C67H118O6. The van der Waals surface area contributed by atoms with Crippen molar-refractivity contribution in [3.8, 4) is 0 Å². The Morgan fingerprint density at radius 2 is 0.493 bits per heavy atom. The maximum absolute atomic E-state index is 12.9. The van der Waals surface area contributed by atoms with E-state index in [1.807, 2.05) is 0 Å². The first-order chi connectivity index (χ1) is 36.0. The predicted molar refractivity (Wildman–Crippen MR) is 316 cm³/mol. The van der Waals surface area contributed by atoms with E-state index in [1.165, 1.54) is 180 Å². The summed E-state index contributed by atoms with van der Waals surface area (Å²) in [4.78, 5) is 38.3. The van der Waals surface area contributed by atoms with E-state index in [9.17, 15) is 14.4 Å². The first-order valence-electron chi connectivity index (χ1n) is 31.4. The smallest absolute Gasteiger partial charge is 0.306 e. The van der Waals surface area contributed by atoms with Gasteiger partial charge in [0.2, 0.25) is 0 Å². The zero-order valence-corrected chi connectivity index (χ0v) is 48.4. The zero-order chi connectivity index (χ0) is 52.9. The first kappa shape index (κ1) is 69.8. The third-order valence-electron chi connectivity index (χ3n) is 13.7. The van der Waals surface area contributed by atoms with E-state index in [1.54, 1.807) is 0 Å². The molecule has 0 amide bonds. The Labute approximate surface area is 453 Å². The highest BCUT2D eigenvalue weighted by atomic mass is 16.6. The van der Waals surface area contributed by atoms with Crippen LogP contribution in [0.4, 0.5) is 0 Å². The number of esters is 3. The van der Waals surface area contributed by atoms with E-state index in [4.69, 9.17) is 14.2 Å². The van der Waals surface area contributed by atoms with Crippen LogP contribution in [-0.4, -0.2) is 37.2 Å². The largest absolute Gasteiger partial charge is 0.462 e. The standard InChI is InChI=1S/C67H118O6/c1-4-7-10-13-16-19-22-25-28-30-31-32-33-34-35-37-39-42-45-48-51-54-57-60-66(69)72-63-64(62-71-65(68)59-56-53-50-47-44-41-38-27-24-21-18-15-12-9-6-3)73-67(70)61-58-55-52-49-46-43-40-36-29-26-23-20-17-14-11-8-5-2/h18,21-22,25-27,29-31,33-34,38,64H,4-17,19-20,23-24,28,32,35-37,39-63H2,1-3H3/b21-18-,25-22-,29-26-,31-30-,34-33-,38-27-. The third-order valence-corrected chi connectivity index (χ3v) is 13.7. The molecule has 0 aromatic rings. The fourth-order valence-corrected chi connectivity index (χ4v) is 8.89. The Morgan fingerprint density at radius 1 is 0.274 bits per heavy atom. The molecule has 0 saturated carbocycles. The van der Waals surface area contributed by atoms with Crippen LogP contribution in [0.1, 0.15) is 316 Å². The lowest BCUT2D eigenvalue weighted by atomic mass is 10.1. The van der Waals surface area contributed by atoms with Crippen LogP contribution >= 0.6 is 0 Å². The second-order valence-corrected chi connectivity index (χ2v) is 21.0. The number of hydrogen-bond acceptors (Lipinski definition) is 6. The lowest BCUT2D eigenvalue weighted by Gasteiger charge is -2.18. The average Bonchev–Trinajstić information content (AvgIpc) is 3.39. The molecule has 1 atom stereocenters. The molecule has 6 nitrogen and oxygen atoms in total. The van der Waals surface area contributed by atoms with Gasteiger partial charge in [-0.15, -0.1) is 0 Å². The van der Waals surface area contributed by atoms with Gasteiger partial charge >= 0.3 is 17.9 Å². The molecular weight excluding hydrogens is 901 g/mol. The van der Waals surface area contributed by atoms with Gasteiger partial charge in [0, 0.05) is 19.3 Å². The van der Waals surface area contributed by atoms with Gasteiger partial charge in [-0.05, 0) is 116 Å². The molecule has 0 aliphatic rings. The summed E-state index contributed by atoms with van der Waals surface area (Å²) < 4.78 is 16.9. The van der Waals surface area contributed by atoms with Crippen molar-refractivity contribution in [3.05, 3.63) is 72.9 Å². The van der Waals surface area contributed by atoms with Gasteiger partial charge in [-0.3, -0.25) is 14.4 Å². The highest BCUT2D eigenvalue weighted by Gasteiger charge is 2.19. The van der Waals surface area contributed by atoms with Gasteiger partial charge in [0.1, 0.15) is 13.2 Å². The highest BCUT2D eigenvalue weighted by Crippen LogP contribution is 2.15. The summed E-state index contributed by atoms with van der Waals surface area (Å²) >= 11 is 0. The number of carbonyl (C=O) groups excluding carboxylic acids is 3. The second kappa shape index (κ2) is 61.4. The van der Waals surface area contributed by atoms with Crippen LogP contribution in [0.2, 0.25) is 0 Å². The minimum absolute atomic E-state index is 0.0847. The molecule has 0 N–H and O–H groups in total. The van der Waals surface area contributed by atoms with Crippen molar-refractivity contribution in [3.63, 3.8) is 0 Å². The molecule has 0 fully saturated rings. The van der Waals surface area contributed by atoms with Crippen LogP contribution in [0.15, 0.2) is 72.9 Å². The molecule has 0 radical (unpaired) electrons. The summed E-state index contributed by atoms with van der Waals surface area (Å²) in [6.45, 7) is 6.61. The first-order valence-corrected chi connectivity index (χ1v) is 31.4. The number of unbranched alkanes of at least 4 members (excludes halogenated alkanes) is 34. The van der Waals surface area contributed by atoms with Gasteiger partial charge < -0.3 is 14.2 Å². The molecule has 1 unspecified atom stereocenters. The quantitative estimate of drug-likeness (QED) is 0.0261. The van der Waals surface area contributed by atoms with Crippen molar-refractivity contribution in [1.82, 2.24) is 0 Å². The lowest BCUT2D eigenvalue weighted by Crippen LogP contribution is -2.30. The van der Waals surface area contributed by atoms with Crippen LogP contribution in [-0.2, 0) is 28.6 Å². The normalized spacial score (nSPS) is 12.5. The number of ether oxygens (including phenoxy) is 3. The Hall–Kier alpha value is -3.15. The maximum Gasteiger partial charge on any atom is 0.306 e. The summed E-state index contributed by atoms with van der Waals surface area (Å²) in [5.74, 6) is -0.897. The minimum Gasteiger partial charge on any atom is -0.462 e. The van der Waals surface area contributed by atoms with Crippen LogP contribution in [0.25, 0.3) is 0 Å². The Morgan fingerprint density at radius 3 is 0.808 bits per heavy atom. The fourth-order valence-electron chi connectivity index (χ4n) is 8.89. The zero-order valence-electron chi connectivity index (χ0n) is 48.4. The Bertz CT molecular complexity index is 1360. The lowest BCUT2D eigenvalue weighted by molar-refractivity contribution is -0.167. The average molecular weight is 1020 g/mol. The van der Waals surface area contributed by atoms with Gasteiger partial charge in [0.05, 0.1) is 0 Å². The molecule has 0 heterocycles. The molecule has 422 valence electrons. The van der Waals surface area contributed by atoms with Gasteiger partial charge in [-0.1, -0.05) is 254 Å². The van der Waals surface area contributed by atoms with Crippen molar-refractivity contribution in [2.24, 2.45) is 0 Å². The molecule has 0 aromatic carbocycles. The van der Waals surface area contributed by atoms with E-state index >= 15 is 0 Å². The molecule has 0 aliphatic heterocycles. The monoisotopic (exact) mass is 1020 g/mol. The molecule has 0 aromatic heterocycles. The molecule has 0 rings (SSSR count). The number of rotatable bonds is 57. The molecule has 0 bridgehead atoms. The maximum atomic E-state index is 12.9. The topological polar surface area (TPSA) is 78.9 Å². The summed E-state index contributed by atoms with van der Waals surface area (Å²) in [6, 6.07) is 0. The van der Waals surface area contributed by atoms with Gasteiger partial charge in [0.25, 0.3) is 0 Å². The van der Waals surface area contributed by atoms with Crippen molar-refractivity contribution >= 4 is 17.9 Å². The van der Waals surface area contributed by atoms with E-state index in [0.29, 0.717) is 19.3 Å². The number of allylic oxidation sites excluding steroid dienone is 12. The molecule has 73 heavy (non-hydrogen) atoms. The van der Waals surface area contributed by atoms with Gasteiger partial charge in [0.15, 0.2) is 6.10 Å². The highest BCUT2D eigenvalue weighted by molar-refractivity contribution is 5.71. The number of carbonyl (C=O) groups is 3. The van der Waals surface area contributed by atoms with Crippen LogP contribution in [0, 0.1) is 0 Å². The summed E-state index contributed by atoms with van der Waals surface area (Å²) in [7, 11) is 0.